The smallest absolute Gasteiger partial charge is 0.328 e. The molecule has 1 aromatic carbocycles. The van der Waals surface area contributed by atoms with Gasteiger partial charge in [0.25, 0.3) is 11.8 Å². The van der Waals surface area contributed by atoms with Crippen LogP contribution >= 0.6 is 0 Å². The number of nitrogens with zero attached hydrogens (tertiary/aromatic N) is 1. The van der Waals surface area contributed by atoms with Crippen molar-refractivity contribution in [3.63, 3.8) is 0 Å². The van der Waals surface area contributed by atoms with Gasteiger partial charge in [-0.05, 0) is 56.2 Å². The standard InChI is InChI=1S/C22H29N3O5/c1-6-14(2)20(22(28)29-5)23-19(26)13-30-18-11-9-17(10-12-18)21(27)24-25-15(3)7-8-16(25)4/h7-12,14,20H,6,13H2,1-5H3,(H,23,26)(H,24,27)/t14-,20+/m1/s1. The first-order chi connectivity index (χ1) is 14.3. The van der Waals surface area contributed by atoms with E-state index in [9.17, 15) is 14.4 Å². The Balaban J connectivity index is 1.91. The fourth-order valence-corrected chi connectivity index (χ4v) is 2.87. The van der Waals surface area contributed by atoms with Crippen molar-refractivity contribution in [2.75, 3.05) is 19.1 Å². The number of hydrogen-bond donors (Lipinski definition) is 2. The van der Waals surface area contributed by atoms with Crippen LogP contribution < -0.4 is 15.5 Å². The van der Waals surface area contributed by atoms with Crippen LogP contribution in [0.25, 0.3) is 0 Å². The molecule has 0 saturated heterocycles. The van der Waals surface area contributed by atoms with E-state index in [1.54, 1.807) is 28.9 Å². The van der Waals surface area contributed by atoms with E-state index in [-0.39, 0.29) is 18.4 Å². The molecule has 2 aromatic rings. The Morgan fingerprint density at radius 2 is 1.63 bits per heavy atom. The van der Waals surface area contributed by atoms with E-state index in [1.165, 1.54) is 7.11 Å². The van der Waals surface area contributed by atoms with E-state index < -0.39 is 17.9 Å². The third kappa shape index (κ3) is 5.85. The van der Waals surface area contributed by atoms with Crippen LogP contribution in [0.15, 0.2) is 36.4 Å². The molecule has 162 valence electrons. The minimum Gasteiger partial charge on any atom is -0.484 e. The van der Waals surface area contributed by atoms with Gasteiger partial charge < -0.3 is 14.8 Å². The fourth-order valence-electron chi connectivity index (χ4n) is 2.87. The normalized spacial score (nSPS) is 12.6. The zero-order valence-corrected chi connectivity index (χ0v) is 18.0. The minimum absolute atomic E-state index is 0.0632. The summed E-state index contributed by atoms with van der Waals surface area (Å²) in [6.07, 6.45) is 0.715. The van der Waals surface area contributed by atoms with Gasteiger partial charge in [0.05, 0.1) is 7.11 Å². The van der Waals surface area contributed by atoms with Crippen LogP contribution in [0.5, 0.6) is 5.75 Å². The molecule has 0 bridgehead atoms. The lowest BCUT2D eigenvalue weighted by atomic mass is 9.99. The van der Waals surface area contributed by atoms with E-state index in [1.807, 2.05) is 39.8 Å². The van der Waals surface area contributed by atoms with E-state index >= 15 is 0 Å². The lowest BCUT2D eigenvalue weighted by molar-refractivity contribution is -0.146. The summed E-state index contributed by atoms with van der Waals surface area (Å²) in [6.45, 7) is 7.35. The molecule has 2 atom stereocenters. The molecule has 2 N–H and O–H groups in total. The summed E-state index contributed by atoms with van der Waals surface area (Å²) >= 11 is 0. The maximum atomic E-state index is 12.4. The highest BCUT2D eigenvalue weighted by Crippen LogP contribution is 2.14. The van der Waals surface area contributed by atoms with Crippen molar-refractivity contribution in [1.82, 2.24) is 9.99 Å². The van der Waals surface area contributed by atoms with Gasteiger partial charge in [-0.3, -0.25) is 19.7 Å². The molecule has 0 fully saturated rings. The lowest BCUT2D eigenvalue weighted by Gasteiger charge is -2.21. The summed E-state index contributed by atoms with van der Waals surface area (Å²) in [5.74, 6) is -0.788. The number of aromatic nitrogens is 1. The third-order valence-corrected chi connectivity index (χ3v) is 4.96. The highest BCUT2D eigenvalue weighted by molar-refractivity contribution is 6.00. The Morgan fingerprint density at radius 3 is 2.17 bits per heavy atom. The minimum atomic E-state index is -0.720. The van der Waals surface area contributed by atoms with Crippen molar-refractivity contribution in [3.05, 3.63) is 53.3 Å². The first kappa shape index (κ1) is 23.0. The molecule has 1 heterocycles. The molecule has 8 nitrogen and oxygen atoms in total. The number of carbonyl (C=O) groups is 3. The second-order valence-electron chi connectivity index (χ2n) is 7.16. The van der Waals surface area contributed by atoms with Gasteiger partial charge in [0.2, 0.25) is 0 Å². The largest absolute Gasteiger partial charge is 0.484 e. The first-order valence-electron chi connectivity index (χ1n) is 9.83. The van der Waals surface area contributed by atoms with Crippen LogP contribution in [-0.2, 0) is 14.3 Å². The number of esters is 1. The number of aryl methyl sites for hydroxylation is 2. The SMILES string of the molecule is CC[C@@H](C)[C@H](NC(=O)COc1ccc(C(=O)Nn2c(C)ccc2C)cc1)C(=O)OC. The molecule has 0 aliphatic heterocycles. The lowest BCUT2D eigenvalue weighted by Crippen LogP contribution is -2.47. The molecule has 1 aromatic heterocycles. The van der Waals surface area contributed by atoms with Crippen molar-refractivity contribution in [1.29, 1.82) is 0 Å². The van der Waals surface area contributed by atoms with Crippen molar-refractivity contribution in [2.24, 2.45) is 5.92 Å². The molecule has 2 amide bonds. The topological polar surface area (TPSA) is 98.7 Å². The zero-order chi connectivity index (χ0) is 22.3. The summed E-state index contributed by atoms with van der Waals surface area (Å²) in [6, 6.07) is 9.59. The van der Waals surface area contributed by atoms with Gasteiger partial charge in [-0.2, -0.15) is 0 Å². The van der Waals surface area contributed by atoms with Crippen LogP contribution in [0.4, 0.5) is 0 Å². The molecular formula is C22H29N3O5. The van der Waals surface area contributed by atoms with Crippen LogP contribution in [-0.4, -0.2) is 42.2 Å². The van der Waals surface area contributed by atoms with Crippen molar-refractivity contribution in [2.45, 2.75) is 40.2 Å². The highest BCUT2D eigenvalue weighted by Gasteiger charge is 2.26. The van der Waals surface area contributed by atoms with E-state index in [2.05, 4.69) is 10.7 Å². The number of benzene rings is 1. The van der Waals surface area contributed by atoms with Crippen molar-refractivity contribution < 1.29 is 23.9 Å². The second-order valence-corrected chi connectivity index (χ2v) is 7.16. The van der Waals surface area contributed by atoms with E-state index in [4.69, 9.17) is 9.47 Å². The van der Waals surface area contributed by atoms with Gasteiger partial charge in [0, 0.05) is 17.0 Å². The quantitative estimate of drug-likeness (QED) is 0.614. The predicted molar refractivity (Wildman–Crippen MR) is 113 cm³/mol. The van der Waals surface area contributed by atoms with Crippen molar-refractivity contribution in [3.8, 4) is 5.75 Å². The molecule has 2 rings (SSSR count). The third-order valence-electron chi connectivity index (χ3n) is 4.96. The maximum Gasteiger partial charge on any atom is 0.328 e. The number of methoxy groups -OCH3 is 1. The molecule has 0 aliphatic carbocycles. The van der Waals surface area contributed by atoms with Crippen LogP contribution in [0.2, 0.25) is 0 Å². The molecule has 30 heavy (non-hydrogen) atoms. The molecule has 0 unspecified atom stereocenters. The maximum absolute atomic E-state index is 12.4. The fraction of sp³-hybridized carbons (Fsp3) is 0.409. The number of ether oxygens (including phenoxy) is 2. The molecular weight excluding hydrogens is 386 g/mol. The number of hydrogen-bond acceptors (Lipinski definition) is 5. The average Bonchev–Trinajstić information content (AvgIpc) is 3.07. The Morgan fingerprint density at radius 1 is 1.03 bits per heavy atom. The number of nitrogens with one attached hydrogen (secondary N) is 2. The summed E-state index contributed by atoms with van der Waals surface area (Å²) in [4.78, 5) is 36.5. The Kier molecular flexibility index (Phi) is 8.03. The molecule has 0 aliphatic rings. The first-order valence-corrected chi connectivity index (χ1v) is 9.83. The van der Waals surface area contributed by atoms with Gasteiger partial charge in [0.1, 0.15) is 11.8 Å². The molecule has 8 heteroatoms. The van der Waals surface area contributed by atoms with Gasteiger partial charge in [-0.1, -0.05) is 20.3 Å². The van der Waals surface area contributed by atoms with E-state index in [0.29, 0.717) is 17.7 Å². The molecule has 0 saturated carbocycles. The summed E-state index contributed by atoms with van der Waals surface area (Å²) in [7, 11) is 1.29. The number of rotatable bonds is 9. The second kappa shape index (κ2) is 10.5. The summed E-state index contributed by atoms with van der Waals surface area (Å²) in [5.41, 5.74) is 5.14. The molecule has 0 radical (unpaired) electrons. The highest BCUT2D eigenvalue weighted by atomic mass is 16.5. The van der Waals surface area contributed by atoms with Crippen LogP contribution in [0, 0.1) is 19.8 Å². The Hall–Kier alpha value is -3.29. The molecule has 0 spiro atoms. The predicted octanol–water partition coefficient (Wildman–Crippen LogP) is 2.57. The van der Waals surface area contributed by atoms with Gasteiger partial charge >= 0.3 is 5.97 Å². The van der Waals surface area contributed by atoms with Gasteiger partial charge in [0.15, 0.2) is 6.61 Å². The van der Waals surface area contributed by atoms with Crippen LogP contribution in [0.3, 0.4) is 0 Å². The zero-order valence-electron chi connectivity index (χ0n) is 18.0. The summed E-state index contributed by atoms with van der Waals surface area (Å²) < 4.78 is 11.9. The van der Waals surface area contributed by atoms with Gasteiger partial charge in [-0.15, -0.1) is 0 Å². The van der Waals surface area contributed by atoms with Gasteiger partial charge in [-0.25, -0.2) is 4.79 Å². The van der Waals surface area contributed by atoms with Crippen LogP contribution in [0.1, 0.15) is 42.0 Å². The Labute approximate surface area is 176 Å². The number of carbonyl (C=O) groups excluding carboxylic acids is 3. The Bertz CT molecular complexity index is 869. The monoisotopic (exact) mass is 415 g/mol. The van der Waals surface area contributed by atoms with Crippen molar-refractivity contribution >= 4 is 17.8 Å². The number of amides is 2. The van der Waals surface area contributed by atoms with E-state index in [0.717, 1.165) is 11.4 Å². The average molecular weight is 415 g/mol. The summed E-state index contributed by atoms with van der Waals surface area (Å²) in [5, 5.41) is 2.65.